The smallest absolute Gasteiger partial charge is 0.211 e. The van der Waals surface area contributed by atoms with Gasteiger partial charge >= 0.3 is 0 Å². The Morgan fingerprint density at radius 1 is 1.22 bits per heavy atom. The average Bonchev–Trinajstić information content (AvgIpc) is 3.04. The van der Waals surface area contributed by atoms with Crippen molar-refractivity contribution >= 4 is 15.8 Å². The van der Waals surface area contributed by atoms with Crippen molar-refractivity contribution in [3.05, 3.63) is 23.9 Å². The molecule has 2 fully saturated rings. The molecule has 2 aliphatic heterocycles. The van der Waals surface area contributed by atoms with Gasteiger partial charge in [-0.25, -0.2) is 17.7 Å². The van der Waals surface area contributed by atoms with Gasteiger partial charge in [0, 0.05) is 38.4 Å². The van der Waals surface area contributed by atoms with Gasteiger partial charge in [0.1, 0.15) is 5.82 Å². The van der Waals surface area contributed by atoms with Gasteiger partial charge in [0.2, 0.25) is 10.0 Å². The number of hydrogen-bond donors (Lipinski definition) is 1. The molecule has 0 amide bonds. The number of piperidine rings is 1. The standard InChI is InChI=1S/C16H26N4O2S/c1-17-16-12-13(5-8-18-16)15-4-3-9-20(15)14-6-10-19(11-7-14)23(2,21)22/h5,8,12,14-15H,3-4,6-7,9-11H2,1-2H3,(H,17,18). The fourth-order valence-electron chi connectivity index (χ4n) is 3.88. The summed E-state index contributed by atoms with van der Waals surface area (Å²) in [7, 11) is -1.16. The molecule has 0 aliphatic carbocycles. The van der Waals surface area contributed by atoms with E-state index in [1.807, 2.05) is 13.2 Å². The molecule has 3 heterocycles. The third-order valence-electron chi connectivity index (χ3n) is 5.08. The normalized spacial score (nSPS) is 24.9. The Morgan fingerprint density at radius 2 is 1.96 bits per heavy atom. The molecule has 6 nitrogen and oxygen atoms in total. The Morgan fingerprint density at radius 3 is 2.61 bits per heavy atom. The van der Waals surface area contributed by atoms with E-state index in [0.29, 0.717) is 25.2 Å². The molecule has 0 radical (unpaired) electrons. The molecule has 1 aromatic heterocycles. The van der Waals surface area contributed by atoms with Gasteiger partial charge < -0.3 is 5.32 Å². The van der Waals surface area contributed by atoms with E-state index in [1.165, 1.54) is 24.7 Å². The molecule has 3 rings (SSSR count). The molecule has 23 heavy (non-hydrogen) atoms. The molecule has 1 N–H and O–H groups in total. The van der Waals surface area contributed by atoms with E-state index >= 15 is 0 Å². The van der Waals surface area contributed by atoms with Crippen molar-refractivity contribution in [2.45, 2.75) is 37.8 Å². The van der Waals surface area contributed by atoms with Crippen LogP contribution in [0.25, 0.3) is 0 Å². The van der Waals surface area contributed by atoms with Crippen molar-refractivity contribution in [2.24, 2.45) is 0 Å². The van der Waals surface area contributed by atoms with Crippen LogP contribution in [0.5, 0.6) is 0 Å². The minimum Gasteiger partial charge on any atom is -0.373 e. The molecule has 7 heteroatoms. The maximum Gasteiger partial charge on any atom is 0.211 e. The lowest BCUT2D eigenvalue weighted by atomic mass is 10.00. The molecule has 0 aromatic carbocycles. The highest BCUT2D eigenvalue weighted by Gasteiger charge is 2.35. The monoisotopic (exact) mass is 338 g/mol. The third-order valence-corrected chi connectivity index (χ3v) is 6.38. The first kappa shape index (κ1) is 16.7. The lowest BCUT2D eigenvalue weighted by molar-refractivity contribution is 0.127. The van der Waals surface area contributed by atoms with Crippen LogP contribution < -0.4 is 5.32 Å². The van der Waals surface area contributed by atoms with Gasteiger partial charge in [0.15, 0.2) is 0 Å². The van der Waals surface area contributed by atoms with Crippen molar-refractivity contribution in [2.75, 3.05) is 38.3 Å². The second-order valence-corrected chi connectivity index (χ2v) is 8.50. The summed E-state index contributed by atoms with van der Waals surface area (Å²) in [6.07, 6.45) is 7.39. The fraction of sp³-hybridized carbons (Fsp3) is 0.688. The summed E-state index contributed by atoms with van der Waals surface area (Å²) >= 11 is 0. The number of sulfonamides is 1. The number of aromatic nitrogens is 1. The van der Waals surface area contributed by atoms with Crippen LogP contribution >= 0.6 is 0 Å². The van der Waals surface area contributed by atoms with Gasteiger partial charge in [-0.3, -0.25) is 4.90 Å². The molecule has 0 saturated carbocycles. The van der Waals surface area contributed by atoms with Crippen LogP contribution in [0, 0.1) is 0 Å². The van der Waals surface area contributed by atoms with Crippen molar-refractivity contribution < 1.29 is 8.42 Å². The summed E-state index contributed by atoms with van der Waals surface area (Å²) in [5.41, 5.74) is 1.31. The second-order valence-electron chi connectivity index (χ2n) is 6.51. The zero-order chi connectivity index (χ0) is 16.4. The van der Waals surface area contributed by atoms with E-state index in [1.54, 1.807) is 4.31 Å². The summed E-state index contributed by atoms with van der Waals surface area (Å²) in [5, 5.41) is 3.10. The van der Waals surface area contributed by atoms with Crippen molar-refractivity contribution in [1.29, 1.82) is 0 Å². The van der Waals surface area contributed by atoms with E-state index in [0.717, 1.165) is 25.2 Å². The molecular formula is C16H26N4O2S. The van der Waals surface area contributed by atoms with E-state index in [4.69, 9.17) is 0 Å². The lowest BCUT2D eigenvalue weighted by Gasteiger charge is -2.38. The van der Waals surface area contributed by atoms with Crippen LogP contribution in [0.2, 0.25) is 0 Å². The summed E-state index contributed by atoms with van der Waals surface area (Å²) in [5.74, 6) is 0.904. The van der Waals surface area contributed by atoms with Crippen LogP contribution in [0.15, 0.2) is 18.3 Å². The highest BCUT2D eigenvalue weighted by Crippen LogP contribution is 2.36. The Labute approximate surface area is 138 Å². The number of nitrogens with zero attached hydrogens (tertiary/aromatic N) is 3. The molecule has 1 unspecified atom stereocenters. The molecule has 2 saturated heterocycles. The van der Waals surface area contributed by atoms with E-state index in [9.17, 15) is 8.42 Å². The zero-order valence-electron chi connectivity index (χ0n) is 13.9. The number of hydrogen-bond acceptors (Lipinski definition) is 5. The average molecular weight is 338 g/mol. The number of rotatable bonds is 4. The number of likely N-dealkylation sites (tertiary alicyclic amines) is 1. The Bertz CT molecular complexity index is 641. The Hall–Kier alpha value is -1.18. The zero-order valence-corrected chi connectivity index (χ0v) is 14.7. The summed E-state index contributed by atoms with van der Waals surface area (Å²) in [4.78, 5) is 6.88. The second kappa shape index (κ2) is 6.75. The van der Waals surface area contributed by atoms with Gasteiger partial charge in [-0.2, -0.15) is 0 Å². The van der Waals surface area contributed by atoms with E-state index in [2.05, 4.69) is 27.3 Å². The maximum absolute atomic E-state index is 11.7. The first-order valence-corrected chi connectivity index (χ1v) is 10.2. The van der Waals surface area contributed by atoms with Crippen molar-refractivity contribution in [3.8, 4) is 0 Å². The van der Waals surface area contributed by atoms with Crippen molar-refractivity contribution in [1.82, 2.24) is 14.2 Å². The number of anilines is 1. The third kappa shape index (κ3) is 3.67. The van der Waals surface area contributed by atoms with Gasteiger partial charge in [-0.1, -0.05) is 0 Å². The van der Waals surface area contributed by atoms with Gasteiger partial charge in [0.05, 0.1) is 6.26 Å². The predicted molar refractivity (Wildman–Crippen MR) is 91.9 cm³/mol. The minimum atomic E-state index is -3.05. The van der Waals surface area contributed by atoms with Crippen LogP contribution in [-0.4, -0.2) is 61.6 Å². The van der Waals surface area contributed by atoms with Crippen LogP contribution in [-0.2, 0) is 10.0 Å². The van der Waals surface area contributed by atoms with Crippen LogP contribution in [0.3, 0.4) is 0 Å². The molecule has 0 bridgehead atoms. The topological polar surface area (TPSA) is 65.5 Å². The predicted octanol–water partition coefficient (Wildman–Crippen LogP) is 1.68. The maximum atomic E-state index is 11.7. The Balaban J connectivity index is 1.70. The number of pyridine rings is 1. The van der Waals surface area contributed by atoms with Crippen LogP contribution in [0.4, 0.5) is 5.82 Å². The first-order valence-electron chi connectivity index (χ1n) is 8.33. The minimum absolute atomic E-state index is 0.430. The molecular weight excluding hydrogens is 312 g/mol. The summed E-state index contributed by atoms with van der Waals surface area (Å²) in [6.45, 7) is 2.39. The molecule has 0 spiro atoms. The van der Waals surface area contributed by atoms with Gasteiger partial charge in [0.25, 0.3) is 0 Å². The lowest BCUT2D eigenvalue weighted by Crippen LogP contribution is -2.46. The molecule has 1 aromatic rings. The molecule has 1 atom stereocenters. The van der Waals surface area contributed by atoms with Gasteiger partial charge in [-0.05, 0) is 49.9 Å². The summed E-state index contributed by atoms with van der Waals surface area (Å²) in [6, 6.07) is 5.15. The fourth-order valence-corrected chi connectivity index (χ4v) is 4.75. The van der Waals surface area contributed by atoms with Crippen LogP contribution in [0.1, 0.15) is 37.3 Å². The quantitative estimate of drug-likeness (QED) is 0.905. The largest absolute Gasteiger partial charge is 0.373 e. The van der Waals surface area contributed by atoms with E-state index in [-0.39, 0.29) is 0 Å². The van der Waals surface area contributed by atoms with Crippen molar-refractivity contribution in [3.63, 3.8) is 0 Å². The Kier molecular flexibility index (Phi) is 4.89. The highest BCUT2D eigenvalue weighted by atomic mass is 32.2. The van der Waals surface area contributed by atoms with Gasteiger partial charge in [-0.15, -0.1) is 0 Å². The molecule has 2 aliphatic rings. The summed E-state index contributed by atoms with van der Waals surface area (Å²) < 4.78 is 24.9. The number of nitrogens with one attached hydrogen (secondary N) is 1. The molecule has 128 valence electrons. The SMILES string of the molecule is CNc1cc(C2CCCN2C2CCN(S(C)(=O)=O)CC2)ccn1. The first-order chi connectivity index (χ1) is 11.0. The highest BCUT2D eigenvalue weighted by molar-refractivity contribution is 7.88. The van der Waals surface area contributed by atoms with E-state index < -0.39 is 10.0 Å².